The topological polar surface area (TPSA) is 23.6 Å². The van der Waals surface area contributed by atoms with Crippen molar-refractivity contribution in [2.75, 3.05) is 31.1 Å². The molecule has 0 aliphatic carbocycles. The normalized spacial score (nSPS) is 14.7. The van der Waals surface area contributed by atoms with Crippen molar-refractivity contribution in [1.29, 1.82) is 0 Å². The van der Waals surface area contributed by atoms with Crippen LogP contribution in [0.4, 0.5) is 10.1 Å². The second kappa shape index (κ2) is 8.07. The molecule has 1 saturated heterocycles. The van der Waals surface area contributed by atoms with Gasteiger partial charge in [-0.05, 0) is 36.2 Å². The fraction of sp³-hybridized carbons (Fsp3) is 0.316. The molecule has 2 aromatic rings. The largest absolute Gasteiger partial charge is 0.366 e. The zero-order valence-electron chi connectivity index (χ0n) is 13.7. The molecule has 1 heterocycles. The highest BCUT2D eigenvalue weighted by atomic mass is 35.5. The predicted octanol–water partition coefficient (Wildman–Crippen LogP) is 4.41. The van der Waals surface area contributed by atoms with Gasteiger partial charge in [0.05, 0.1) is 5.69 Å². The Balaban J connectivity index is 1.52. The lowest BCUT2D eigenvalue weighted by atomic mass is 10.1. The third-order valence-corrected chi connectivity index (χ3v) is 5.04. The summed E-state index contributed by atoms with van der Waals surface area (Å²) in [5.41, 5.74) is 1.52. The van der Waals surface area contributed by atoms with Gasteiger partial charge in [-0.1, -0.05) is 41.4 Å². The second-order valence-corrected chi connectivity index (χ2v) is 6.90. The summed E-state index contributed by atoms with van der Waals surface area (Å²) in [6.45, 7) is 2.46. The molecule has 3 nitrogen and oxygen atoms in total. The van der Waals surface area contributed by atoms with Crippen molar-refractivity contribution in [1.82, 2.24) is 4.90 Å². The van der Waals surface area contributed by atoms with E-state index >= 15 is 0 Å². The SMILES string of the molecule is O=C(CCc1ccc(Cl)cc1Cl)N1CCN(c2ccccc2F)CC1. The maximum absolute atomic E-state index is 13.9. The molecule has 0 aromatic heterocycles. The van der Waals surface area contributed by atoms with Gasteiger partial charge in [0.15, 0.2) is 0 Å². The van der Waals surface area contributed by atoms with Gasteiger partial charge in [-0.25, -0.2) is 4.39 Å². The first-order chi connectivity index (χ1) is 12.0. The lowest BCUT2D eigenvalue weighted by Crippen LogP contribution is -2.49. The Bertz CT molecular complexity index is 761. The van der Waals surface area contributed by atoms with Crippen LogP contribution >= 0.6 is 23.2 Å². The van der Waals surface area contributed by atoms with Crippen LogP contribution in [0, 0.1) is 5.82 Å². The molecule has 6 heteroatoms. The number of amides is 1. The van der Waals surface area contributed by atoms with Crippen LogP contribution in [0.25, 0.3) is 0 Å². The zero-order chi connectivity index (χ0) is 17.8. The molecule has 0 atom stereocenters. The van der Waals surface area contributed by atoms with Gasteiger partial charge in [-0.3, -0.25) is 4.79 Å². The van der Waals surface area contributed by atoms with E-state index in [2.05, 4.69) is 0 Å². The summed E-state index contributed by atoms with van der Waals surface area (Å²) in [5, 5.41) is 1.18. The molecule has 1 amide bonds. The lowest BCUT2D eigenvalue weighted by Gasteiger charge is -2.36. The van der Waals surface area contributed by atoms with E-state index in [-0.39, 0.29) is 11.7 Å². The van der Waals surface area contributed by atoms with E-state index in [1.54, 1.807) is 24.3 Å². The third kappa shape index (κ3) is 4.44. The van der Waals surface area contributed by atoms with Crippen LogP contribution in [0.5, 0.6) is 0 Å². The van der Waals surface area contributed by atoms with Gasteiger partial charge in [0, 0.05) is 42.6 Å². The molecule has 1 aliphatic heterocycles. The summed E-state index contributed by atoms with van der Waals surface area (Å²) in [4.78, 5) is 16.2. The summed E-state index contributed by atoms with van der Waals surface area (Å²) in [5.74, 6) is -0.126. The Morgan fingerprint density at radius 1 is 1.04 bits per heavy atom. The number of piperazine rings is 1. The fourth-order valence-corrected chi connectivity index (χ4v) is 3.53. The molecule has 2 aromatic carbocycles. The van der Waals surface area contributed by atoms with Crippen molar-refractivity contribution in [2.24, 2.45) is 0 Å². The van der Waals surface area contributed by atoms with Gasteiger partial charge in [-0.15, -0.1) is 0 Å². The maximum atomic E-state index is 13.9. The Morgan fingerprint density at radius 3 is 2.44 bits per heavy atom. The molecule has 25 heavy (non-hydrogen) atoms. The molecule has 0 unspecified atom stereocenters. The first kappa shape index (κ1) is 18.0. The van der Waals surface area contributed by atoms with Crippen LogP contribution in [0.3, 0.4) is 0 Å². The zero-order valence-corrected chi connectivity index (χ0v) is 15.2. The van der Waals surface area contributed by atoms with Crippen molar-refractivity contribution in [3.8, 4) is 0 Å². The Morgan fingerprint density at radius 2 is 1.76 bits per heavy atom. The van der Waals surface area contributed by atoms with Crippen LogP contribution < -0.4 is 4.90 Å². The second-order valence-electron chi connectivity index (χ2n) is 6.05. The van der Waals surface area contributed by atoms with E-state index < -0.39 is 0 Å². The summed E-state index contributed by atoms with van der Waals surface area (Å²) < 4.78 is 13.9. The Labute approximate surface area is 156 Å². The van der Waals surface area contributed by atoms with Gasteiger partial charge < -0.3 is 9.80 Å². The van der Waals surface area contributed by atoms with E-state index in [1.165, 1.54) is 6.07 Å². The Kier molecular flexibility index (Phi) is 5.82. The van der Waals surface area contributed by atoms with E-state index in [4.69, 9.17) is 23.2 Å². The molecular weight excluding hydrogens is 362 g/mol. The van der Waals surface area contributed by atoms with Crippen LogP contribution in [-0.4, -0.2) is 37.0 Å². The van der Waals surface area contributed by atoms with Crippen LogP contribution in [-0.2, 0) is 11.2 Å². The van der Waals surface area contributed by atoms with Crippen molar-refractivity contribution < 1.29 is 9.18 Å². The quantitative estimate of drug-likeness (QED) is 0.783. The fourth-order valence-electron chi connectivity index (χ4n) is 3.03. The molecule has 0 N–H and O–H groups in total. The molecule has 3 rings (SSSR count). The molecule has 132 valence electrons. The number of rotatable bonds is 4. The monoisotopic (exact) mass is 380 g/mol. The molecule has 0 spiro atoms. The van der Waals surface area contributed by atoms with E-state index in [1.807, 2.05) is 21.9 Å². The van der Waals surface area contributed by atoms with E-state index in [0.29, 0.717) is 54.8 Å². The number of aryl methyl sites for hydroxylation is 1. The van der Waals surface area contributed by atoms with Crippen LogP contribution in [0.2, 0.25) is 10.0 Å². The van der Waals surface area contributed by atoms with Crippen LogP contribution in [0.1, 0.15) is 12.0 Å². The van der Waals surface area contributed by atoms with Gasteiger partial charge >= 0.3 is 0 Å². The van der Waals surface area contributed by atoms with Gasteiger partial charge in [0.25, 0.3) is 0 Å². The summed E-state index contributed by atoms with van der Waals surface area (Å²) in [7, 11) is 0. The number of anilines is 1. The number of para-hydroxylation sites is 1. The highest BCUT2D eigenvalue weighted by Crippen LogP contribution is 2.23. The van der Waals surface area contributed by atoms with Crippen molar-refractivity contribution in [2.45, 2.75) is 12.8 Å². The highest BCUT2D eigenvalue weighted by Gasteiger charge is 2.22. The highest BCUT2D eigenvalue weighted by molar-refractivity contribution is 6.35. The van der Waals surface area contributed by atoms with Crippen molar-refractivity contribution in [3.05, 3.63) is 63.9 Å². The van der Waals surface area contributed by atoms with Crippen LogP contribution in [0.15, 0.2) is 42.5 Å². The number of halogens is 3. The number of benzene rings is 2. The first-order valence-electron chi connectivity index (χ1n) is 8.26. The van der Waals surface area contributed by atoms with Crippen molar-refractivity contribution >= 4 is 34.8 Å². The summed E-state index contributed by atoms with van der Waals surface area (Å²) in [6, 6.07) is 12.1. The number of carbonyl (C=O) groups is 1. The van der Waals surface area contributed by atoms with Gasteiger partial charge in [0.2, 0.25) is 5.91 Å². The third-order valence-electron chi connectivity index (χ3n) is 4.45. The summed E-state index contributed by atoms with van der Waals surface area (Å²) in [6.07, 6.45) is 0.989. The summed E-state index contributed by atoms with van der Waals surface area (Å²) >= 11 is 12.0. The average molecular weight is 381 g/mol. The number of carbonyl (C=O) groups excluding carboxylic acids is 1. The van der Waals surface area contributed by atoms with Gasteiger partial charge in [-0.2, -0.15) is 0 Å². The molecule has 1 fully saturated rings. The average Bonchev–Trinajstić information content (AvgIpc) is 2.61. The predicted molar refractivity (Wildman–Crippen MR) is 100.0 cm³/mol. The minimum Gasteiger partial charge on any atom is -0.366 e. The van der Waals surface area contributed by atoms with Crippen molar-refractivity contribution in [3.63, 3.8) is 0 Å². The lowest BCUT2D eigenvalue weighted by molar-refractivity contribution is -0.131. The molecular formula is C19H19Cl2FN2O. The standard InChI is InChI=1S/C19H19Cl2FN2O/c20-15-7-5-14(16(21)13-15)6-8-19(25)24-11-9-23(10-12-24)18-4-2-1-3-17(18)22/h1-5,7,13H,6,8-12H2. The Hall–Kier alpha value is -1.78. The van der Waals surface area contributed by atoms with E-state index in [0.717, 1.165) is 5.56 Å². The first-order valence-corrected chi connectivity index (χ1v) is 9.01. The molecule has 1 aliphatic rings. The molecule has 0 saturated carbocycles. The molecule has 0 radical (unpaired) electrons. The minimum atomic E-state index is -0.223. The number of hydrogen-bond donors (Lipinski definition) is 0. The minimum absolute atomic E-state index is 0.0965. The smallest absolute Gasteiger partial charge is 0.223 e. The molecule has 0 bridgehead atoms. The maximum Gasteiger partial charge on any atom is 0.223 e. The van der Waals surface area contributed by atoms with Gasteiger partial charge in [0.1, 0.15) is 5.82 Å². The number of hydrogen-bond acceptors (Lipinski definition) is 2. The van der Waals surface area contributed by atoms with E-state index in [9.17, 15) is 9.18 Å². The number of nitrogens with zero attached hydrogens (tertiary/aromatic N) is 2.